The monoisotopic (exact) mass is 178 g/mol. The van der Waals surface area contributed by atoms with Gasteiger partial charge in [0, 0.05) is 17.8 Å². The molecule has 0 amide bonds. The van der Waals surface area contributed by atoms with Gasteiger partial charge >= 0.3 is 0 Å². The van der Waals surface area contributed by atoms with Gasteiger partial charge in [0.15, 0.2) is 5.78 Å². The van der Waals surface area contributed by atoms with E-state index in [1.807, 2.05) is 13.1 Å². The van der Waals surface area contributed by atoms with Crippen LogP contribution in [0.4, 0.5) is 5.69 Å². The van der Waals surface area contributed by atoms with E-state index in [1.54, 1.807) is 19.1 Å². The summed E-state index contributed by atoms with van der Waals surface area (Å²) in [4.78, 5) is 11.1. The van der Waals surface area contributed by atoms with Gasteiger partial charge < -0.3 is 11.1 Å². The third-order valence-electron chi connectivity index (χ3n) is 1.92. The maximum absolute atomic E-state index is 11.1. The van der Waals surface area contributed by atoms with Gasteiger partial charge in [-0.15, -0.1) is 0 Å². The lowest BCUT2D eigenvalue weighted by molar-refractivity contribution is 0.101. The van der Waals surface area contributed by atoms with Gasteiger partial charge in [-0.25, -0.2) is 0 Å². The Morgan fingerprint density at radius 1 is 1.54 bits per heavy atom. The second-order valence-corrected chi connectivity index (χ2v) is 3.00. The molecule has 3 nitrogen and oxygen atoms in total. The number of rotatable bonds is 3. The average molecular weight is 178 g/mol. The van der Waals surface area contributed by atoms with Crippen LogP contribution in [0.3, 0.4) is 0 Å². The van der Waals surface area contributed by atoms with Crippen LogP contribution < -0.4 is 11.1 Å². The number of hydrogen-bond donors (Lipinski definition) is 2. The lowest BCUT2D eigenvalue weighted by Crippen LogP contribution is -2.08. The minimum Gasteiger partial charge on any atom is -0.398 e. The van der Waals surface area contributed by atoms with Crippen molar-refractivity contribution in [2.24, 2.45) is 0 Å². The molecule has 0 aliphatic rings. The van der Waals surface area contributed by atoms with Crippen molar-refractivity contribution in [3.8, 4) is 0 Å². The molecule has 0 spiro atoms. The number of nitrogens with one attached hydrogen (secondary N) is 1. The Morgan fingerprint density at radius 2 is 2.23 bits per heavy atom. The number of benzene rings is 1. The molecule has 1 rings (SSSR count). The summed E-state index contributed by atoms with van der Waals surface area (Å²) in [6.07, 6.45) is 0. The van der Waals surface area contributed by atoms with Gasteiger partial charge in [0.1, 0.15) is 0 Å². The lowest BCUT2D eigenvalue weighted by atomic mass is 10.1. The van der Waals surface area contributed by atoms with E-state index in [0.29, 0.717) is 12.1 Å². The number of nitrogens with two attached hydrogens (primary N) is 1. The van der Waals surface area contributed by atoms with E-state index in [-0.39, 0.29) is 5.78 Å². The Hall–Kier alpha value is -1.35. The largest absolute Gasteiger partial charge is 0.398 e. The predicted molar refractivity (Wildman–Crippen MR) is 53.6 cm³/mol. The summed E-state index contributed by atoms with van der Waals surface area (Å²) in [5.41, 5.74) is 8.12. The minimum atomic E-state index is 0.0670. The Kier molecular flexibility index (Phi) is 3.03. The first-order valence-corrected chi connectivity index (χ1v) is 4.19. The van der Waals surface area contributed by atoms with Crippen LogP contribution in [-0.4, -0.2) is 12.8 Å². The van der Waals surface area contributed by atoms with Crippen molar-refractivity contribution in [3.05, 3.63) is 29.3 Å². The normalized spacial score (nSPS) is 10.0. The van der Waals surface area contributed by atoms with Crippen LogP contribution in [0.5, 0.6) is 0 Å². The predicted octanol–water partition coefficient (Wildman–Crippen LogP) is 1.19. The zero-order valence-electron chi connectivity index (χ0n) is 7.92. The average Bonchev–Trinajstić information content (AvgIpc) is 2.08. The highest BCUT2D eigenvalue weighted by Gasteiger charge is 2.03. The molecule has 0 aliphatic heterocycles. The van der Waals surface area contributed by atoms with E-state index in [4.69, 9.17) is 5.73 Å². The standard InChI is InChI=1S/C10H14N2O/c1-7(13)8-3-4-10(11)9(5-8)6-12-2/h3-5,12H,6,11H2,1-2H3. The first-order chi connectivity index (χ1) is 6.15. The number of anilines is 1. The highest BCUT2D eigenvalue weighted by atomic mass is 16.1. The highest BCUT2D eigenvalue weighted by Crippen LogP contribution is 2.14. The van der Waals surface area contributed by atoms with Crippen LogP contribution >= 0.6 is 0 Å². The van der Waals surface area contributed by atoms with Gasteiger partial charge in [0.05, 0.1) is 0 Å². The molecule has 0 saturated heterocycles. The fourth-order valence-electron chi connectivity index (χ4n) is 1.17. The van der Waals surface area contributed by atoms with Gasteiger partial charge in [-0.05, 0) is 37.7 Å². The molecule has 0 atom stereocenters. The third kappa shape index (κ3) is 2.29. The minimum absolute atomic E-state index is 0.0670. The molecule has 0 fully saturated rings. The number of carbonyl (C=O) groups excluding carboxylic acids is 1. The Morgan fingerprint density at radius 3 is 2.77 bits per heavy atom. The zero-order valence-corrected chi connectivity index (χ0v) is 7.92. The summed E-state index contributed by atoms with van der Waals surface area (Å²) in [5, 5.41) is 3.00. The van der Waals surface area contributed by atoms with Crippen molar-refractivity contribution in [1.29, 1.82) is 0 Å². The second-order valence-electron chi connectivity index (χ2n) is 3.00. The number of carbonyl (C=O) groups is 1. The second kappa shape index (κ2) is 4.05. The summed E-state index contributed by atoms with van der Waals surface area (Å²) < 4.78 is 0. The van der Waals surface area contributed by atoms with Crippen LogP contribution in [0.2, 0.25) is 0 Å². The van der Waals surface area contributed by atoms with Crippen molar-refractivity contribution < 1.29 is 4.79 Å². The Balaban J connectivity index is 3.03. The van der Waals surface area contributed by atoms with E-state index in [9.17, 15) is 4.79 Å². The number of hydrogen-bond acceptors (Lipinski definition) is 3. The van der Waals surface area contributed by atoms with Crippen molar-refractivity contribution in [3.63, 3.8) is 0 Å². The Bertz CT molecular complexity index is 321. The van der Waals surface area contributed by atoms with Gasteiger partial charge in [0.25, 0.3) is 0 Å². The summed E-state index contributed by atoms with van der Waals surface area (Å²) in [6.45, 7) is 2.24. The quantitative estimate of drug-likeness (QED) is 0.540. The van der Waals surface area contributed by atoms with Gasteiger partial charge in [-0.3, -0.25) is 4.79 Å². The molecule has 1 aromatic rings. The lowest BCUT2D eigenvalue weighted by Gasteiger charge is -2.06. The molecular weight excluding hydrogens is 164 g/mol. The molecule has 0 heterocycles. The molecule has 3 heteroatoms. The summed E-state index contributed by atoms with van der Waals surface area (Å²) in [7, 11) is 1.85. The first-order valence-electron chi connectivity index (χ1n) is 4.19. The molecule has 13 heavy (non-hydrogen) atoms. The smallest absolute Gasteiger partial charge is 0.159 e. The molecule has 0 saturated carbocycles. The van der Waals surface area contributed by atoms with Gasteiger partial charge in [-0.1, -0.05) is 0 Å². The maximum Gasteiger partial charge on any atom is 0.159 e. The molecule has 0 bridgehead atoms. The van der Waals surface area contributed by atoms with Crippen molar-refractivity contribution in [1.82, 2.24) is 5.32 Å². The van der Waals surface area contributed by atoms with E-state index in [0.717, 1.165) is 11.3 Å². The molecule has 0 radical (unpaired) electrons. The highest BCUT2D eigenvalue weighted by molar-refractivity contribution is 5.94. The van der Waals surface area contributed by atoms with E-state index in [2.05, 4.69) is 5.32 Å². The molecular formula is C10H14N2O. The van der Waals surface area contributed by atoms with Crippen LogP contribution in [0, 0.1) is 0 Å². The summed E-state index contributed by atoms with van der Waals surface area (Å²) in [5.74, 6) is 0.0670. The topological polar surface area (TPSA) is 55.1 Å². The van der Waals surface area contributed by atoms with Crippen LogP contribution in [-0.2, 0) is 6.54 Å². The summed E-state index contributed by atoms with van der Waals surface area (Å²) in [6, 6.07) is 5.34. The number of nitrogen functional groups attached to an aromatic ring is 1. The molecule has 0 unspecified atom stereocenters. The molecule has 70 valence electrons. The third-order valence-corrected chi connectivity index (χ3v) is 1.92. The molecule has 0 aromatic heterocycles. The van der Waals surface area contributed by atoms with Crippen LogP contribution in [0.15, 0.2) is 18.2 Å². The van der Waals surface area contributed by atoms with Crippen LogP contribution in [0.25, 0.3) is 0 Å². The molecule has 3 N–H and O–H groups in total. The van der Waals surface area contributed by atoms with Gasteiger partial charge in [0.2, 0.25) is 0 Å². The fourth-order valence-corrected chi connectivity index (χ4v) is 1.17. The van der Waals surface area contributed by atoms with Crippen molar-refractivity contribution in [2.45, 2.75) is 13.5 Å². The summed E-state index contributed by atoms with van der Waals surface area (Å²) >= 11 is 0. The van der Waals surface area contributed by atoms with Gasteiger partial charge in [-0.2, -0.15) is 0 Å². The SMILES string of the molecule is CNCc1cc(C(C)=O)ccc1N. The first kappa shape index (κ1) is 9.74. The molecule has 0 aliphatic carbocycles. The van der Waals surface area contributed by atoms with Crippen molar-refractivity contribution in [2.75, 3.05) is 12.8 Å². The maximum atomic E-state index is 11.1. The molecule has 1 aromatic carbocycles. The van der Waals surface area contributed by atoms with Crippen LogP contribution in [0.1, 0.15) is 22.8 Å². The fraction of sp³-hybridized carbons (Fsp3) is 0.300. The number of ketones is 1. The van der Waals surface area contributed by atoms with E-state index < -0.39 is 0 Å². The number of Topliss-reactive ketones (excluding diaryl/α,β-unsaturated/α-hetero) is 1. The Labute approximate surface area is 77.9 Å². The van der Waals surface area contributed by atoms with Crippen molar-refractivity contribution >= 4 is 11.5 Å². The van der Waals surface area contributed by atoms with E-state index >= 15 is 0 Å². The van der Waals surface area contributed by atoms with E-state index in [1.165, 1.54) is 0 Å². The zero-order chi connectivity index (χ0) is 9.84.